The molecule has 0 spiro atoms. The Kier molecular flexibility index (Phi) is 2.59. The molecule has 2 rings (SSSR count). The number of carboxylic acid groups (broad SMARTS) is 1. The van der Waals surface area contributed by atoms with Crippen molar-refractivity contribution in [2.75, 3.05) is 0 Å². The summed E-state index contributed by atoms with van der Waals surface area (Å²) in [5.74, 6) is -1.22. The highest BCUT2D eigenvalue weighted by molar-refractivity contribution is 6.60. The topological polar surface area (TPSA) is 68.9 Å². The molecule has 6 heteroatoms. The molecule has 1 aromatic heterocycles. The first kappa shape index (κ1) is 12.2. The molecule has 0 bridgehead atoms. The third-order valence-corrected chi connectivity index (χ3v) is 3.32. The van der Waals surface area contributed by atoms with Crippen molar-refractivity contribution in [3.8, 4) is 0 Å². The zero-order valence-corrected chi connectivity index (χ0v) is 10.3. The molecule has 2 heterocycles. The highest BCUT2D eigenvalue weighted by Crippen LogP contribution is 2.36. The normalized spacial score (nSPS) is 21.8. The van der Waals surface area contributed by atoms with Gasteiger partial charge in [-0.05, 0) is 39.8 Å². The van der Waals surface area contributed by atoms with Gasteiger partial charge in [-0.25, -0.2) is 4.79 Å². The number of rotatable bonds is 2. The first-order chi connectivity index (χ1) is 7.73. The quantitative estimate of drug-likeness (QED) is 0.786. The summed E-state index contributed by atoms with van der Waals surface area (Å²) >= 11 is 0. The van der Waals surface area contributed by atoms with Crippen molar-refractivity contribution in [1.82, 2.24) is 0 Å². The average Bonchev–Trinajstić information content (AvgIpc) is 2.70. The van der Waals surface area contributed by atoms with E-state index < -0.39 is 24.3 Å². The molecule has 0 atom stereocenters. The molecule has 1 aliphatic heterocycles. The summed E-state index contributed by atoms with van der Waals surface area (Å²) in [5, 5.41) is 8.77. The smallest absolute Gasteiger partial charge is 0.475 e. The lowest BCUT2D eigenvalue weighted by molar-refractivity contribution is 0.00578. The molecule has 0 aromatic carbocycles. The van der Waals surface area contributed by atoms with Crippen molar-refractivity contribution >= 4 is 18.7 Å². The molecule has 0 radical (unpaired) electrons. The van der Waals surface area contributed by atoms with E-state index in [2.05, 4.69) is 0 Å². The Morgan fingerprint density at radius 3 is 2.12 bits per heavy atom. The van der Waals surface area contributed by atoms with Crippen LogP contribution in [-0.4, -0.2) is 29.4 Å². The van der Waals surface area contributed by atoms with Crippen molar-refractivity contribution < 1.29 is 23.6 Å². The van der Waals surface area contributed by atoms with Crippen LogP contribution in [0.1, 0.15) is 38.2 Å². The highest BCUT2D eigenvalue weighted by Gasteiger charge is 2.53. The lowest BCUT2D eigenvalue weighted by atomic mass is 9.86. The Labute approximate surface area is 99.8 Å². The summed E-state index contributed by atoms with van der Waals surface area (Å²) in [4.78, 5) is 10.7. The first-order valence-corrected chi connectivity index (χ1v) is 5.41. The average molecular weight is 238 g/mol. The molecule has 5 nitrogen and oxygen atoms in total. The van der Waals surface area contributed by atoms with Gasteiger partial charge in [0.05, 0.1) is 11.2 Å². The van der Waals surface area contributed by atoms with Gasteiger partial charge in [0.2, 0.25) is 5.76 Å². The van der Waals surface area contributed by atoms with Crippen molar-refractivity contribution in [3.63, 3.8) is 0 Å². The maximum atomic E-state index is 10.7. The third-order valence-electron chi connectivity index (χ3n) is 3.32. The van der Waals surface area contributed by atoms with Gasteiger partial charge in [-0.3, -0.25) is 0 Å². The molecular formula is C11H15BO5. The molecule has 1 saturated heterocycles. The van der Waals surface area contributed by atoms with E-state index in [-0.39, 0.29) is 5.76 Å². The van der Waals surface area contributed by atoms with Gasteiger partial charge in [0.15, 0.2) is 0 Å². The summed E-state index contributed by atoms with van der Waals surface area (Å²) in [6, 6.07) is 2.95. The van der Waals surface area contributed by atoms with E-state index in [0.717, 1.165) is 0 Å². The molecule has 0 aliphatic carbocycles. The fraction of sp³-hybridized carbons (Fsp3) is 0.545. The lowest BCUT2D eigenvalue weighted by Gasteiger charge is -2.32. The summed E-state index contributed by atoms with van der Waals surface area (Å²) in [6.07, 6.45) is 0. The van der Waals surface area contributed by atoms with Gasteiger partial charge in [-0.2, -0.15) is 0 Å². The number of carboxylic acids is 1. The highest BCUT2D eigenvalue weighted by atomic mass is 16.7. The van der Waals surface area contributed by atoms with Crippen LogP contribution in [0.2, 0.25) is 0 Å². The monoisotopic (exact) mass is 238 g/mol. The van der Waals surface area contributed by atoms with Crippen molar-refractivity contribution in [1.29, 1.82) is 0 Å². The van der Waals surface area contributed by atoms with Gasteiger partial charge in [0.25, 0.3) is 0 Å². The SMILES string of the molecule is CC1(C)OB(c2ccc(C(=O)O)o2)OC1(C)C. The number of hydrogen-bond acceptors (Lipinski definition) is 4. The summed E-state index contributed by atoms with van der Waals surface area (Å²) in [5.41, 5.74) is -0.553. The minimum Gasteiger partial charge on any atom is -0.475 e. The minimum atomic E-state index is -1.10. The predicted octanol–water partition coefficient (Wildman–Crippen LogP) is 1.28. The van der Waals surface area contributed by atoms with E-state index in [1.165, 1.54) is 6.07 Å². The molecule has 1 aromatic rings. The number of carbonyl (C=O) groups is 1. The number of aromatic carboxylic acids is 1. The fourth-order valence-corrected chi connectivity index (χ4v) is 1.55. The largest absolute Gasteiger partial charge is 0.532 e. The zero-order chi connectivity index (χ0) is 12.8. The molecule has 1 aliphatic rings. The van der Waals surface area contributed by atoms with Crippen molar-refractivity contribution in [2.45, 2.75) is 38.9 Å². The van der Waals surface area contributed by atoms with Crippen LogP contribution in [0.25, 0.3) is 0 Å². The van der Waals surface area contributed by atoms with Gasteiger partial charge in [-0.15, -0.1) is 0 Å². The summed E-state index contributed by atoms with van der Waals surface area (Å²) in [6.45, 7) is 7.70. The number of hydrogen-bond donors (Lipinski definition) is 1. The van der Waals surface area contributed by atoms with Crippen molar-refractivity contribution in [2.24, 2.45) is 0 Å². The Hall–Kier alpha value is -1.27. The summed E-state index contributed by atoms with van der Waals surface area (Å²) < 4.78 is 16.6. The standard InChI is InChI=1S/C11H15BO5/c1-10(2)11(3,4)17-12(16-10)8-6-5-7(15-8)9(13)14/h5-6H,1-4H3,(H,13,14). The second kappa shape index (κ2) is 3.61. The van der Waals surface area contributed by atoms with Crippen LogP contribution < -0.4 is 5.66 Å². The van der Waals surface area contributed by atoms with E-state index in [0.29, 0.717) is 5.66 Å². The second-order valence-corrected chi connectivity index (χ2v) is 5.10. The van der Waals surface area contributed by atoms with E-state index in [1.54, 1.807) is 6.07 Å². The van der Waals surface area contributed by atoms with Gasteiger partial charge in [0, 0.05) is 0 Å². The van der Waals surface area contributed by atoms with Crippen LogP contribution in [-0.2, 0) is 9.31 Å². The fourth-order valence-electron chi connectivity index (χ4n) is 1.55. The Morgan fingerprint density at radius 2 is 1.71 bits per heavy atom. The molecule has 1 N–H and O–H groups in total. The molecule has 0 amide bonds. The third kappa shape index (κ3) is 1.98. The van der Waals surface area contributed by atoms with Gasteiger partial charge in [0.1, 0.15) is 5.66 Å². The Balaban J connectivity index is 2.23. The first-order valence-electron chi connectivity index (χ1n) is 5.41. The predicted molar refractivity (Wildman–Crippen MR) is 61.4 cm³/mol. The minimum absolute atomic E-state index is 0.116. The maximum Gasteiger partial charge on any atom is 0.532 e. The second-order valence-electron chi connectivity index (χ2n) is 5.10. The zero-order valence-electron chi connectivity index (χ0n) is 10.3. The van der Waals surface area contributed by atoms with Crippen molar-refractivity contribution in [3.05, 3.63) is 17.9 Å². The Morgan fingerprint density at radius 1 is 1.18 bits per heavy atom. The van der Waals surface area contributed by atoms with E-state index in [1.807, 2.05) is 27.7 Å². The van der Waals surface area contributed by atoms with Crippen LogP contribution in [0.15, 0.2) is 16.5 Å². The molecule has 92 valence electrons. The molecular weight excluding hydrogens is 223 g/mol. The molecule has 0 unspecified atom stereocenters. The molecule has 0 saturated carbocycles. The number of furan rings is 1. The van der Waals surface area contributed by atoms with Gasteiger partial charge >= 0.3 is 13.1 Å². The van der Waals surface area contributed by atoms with Crippen LogP contribution in [0, 0.1) is 0 Å². The molecule has 1 fully saturated rings. The summed E-state index contributed by atoms with van der Waals surface area (Å²) in [7, 11) is -0.659. The van der Waals surface area contributed by atoms with E-state index in [4.69, 9.17) is 18.8 Å². The van der Waals surface area contributed by atoms with Crippen LogP contribution in [0.5, 0.6) is 0 Å². The van der Waals surface area contributed by atoms with E-state index in [9.17, 15) is 4.79 Å². The van der Waals surface area contributed by atoms with Gasteiger partial charge in [-0.1, -0.05) is 0 Å². The molecule has 17 heavy (non-hydrogen) atoms. The Bertz CT molecular complexity index is 432. The van der Waals surface area contributed by atoms with Gasteiger partial charge < -0.3 is 18.8 Å². The maximum absolute atomic E-state index is 10.7. The van der Waals surface area contributed by atoms with Crippen LogP contribution >= 0.6 is 0 Å². The van der Waals surface area contributed by atoms with Crippen LogP contribution in [0.3, 0.4) is 0 Å². The van der Waals surface area contributed by atoms with E-state index >= 15 is 0 Å². The van der Waals surface area contributed by atoms with Crippen LogP contribution in [0.4, 0.5) is 0 Å². The lowest BCUT2D eigenvalue weighted by Crippen LogP contribution is -2.41.